The Labute approximate surface area is 231 Å². The summed E-state index contributed by atoms with van der Waals surface area (Å²) in [4.78, 5) is 38.0. The molecule has 0 radical (unpaired) electrons. The van der Waals surface area contributed by atoms with Gasteiger partial charge in [0.25, 0.3) is 0 Å². The maximum atomic E-state index is 13.0. The van der Waals surface area contributed by atoms with Gasteiger partial charge in [0.1, 0.15) is 6.10 Å². The normalized spacial score (nSPS) is 17.2. The molecule has 7 heteroatoms. The van der Waals surface area contributed by atoms with E-state index in [1.165, 1.54) is 7.11 Å². The number of benzene rings is 1. The van der Waals surface area contributed by atoms with Gasteiger partial charge in [-0.05, 0) is 62.0 Å². The van der Waals surface area contributed by atoms with Crippen molar-refractivity contribution in [3.63, 3.8) is 0 Å². The number of ketones is 1. The van der Waals surface area contributed by atoms with E-state index in [0.29, 0.717) is 18.4 Å². The van der Waals surface area contributed by atoms with Crippen molar-refractivity contribution >= 4 is 26.0 Å². The predicted octanol–water partition coefficient (Wildman–Crippen LogP) is 7.25. The first-order valence-electron chi connectivity index (χ1n) is 13.8. The molecule has 0 aliphatic heterocycles. The van der Waals surface area contributed by atoms with Crippen molar-refractivity contribution in [3.05, 3.63) is 48.0 Å². The van der Waals surface area contributed by atoms with Crippen LogP contribution in [0, 0.1) is 23.7 Å². The highest BCUT2D eigenvalue weighted by molar-refractivity contribution is 6.74. The maximum Gasteiger partial charge on any atom is 0.338 e. The molecule has 0 saturated heterocycles. The lowest BCUT2D eigenvalue weighted by Gasteiger charge is -2.42. The molecule has 0 bridgehead atoms. The van der Waals surface area contributed by atoms with E-state index >= 15 is 0 Å². The Balaban J connectivity index is 2.90. The summed E-state index contributed by atoms with van der Waals surface area (Å²) in [6, 6.07) is 8.91. The number of carbonyl (C=O) groups is 3. The Kier molecular flexibility index (Phi) is 13.1. The monoisotopic (exact) mass is 546 g/mol. The van der Waals surface area contributed by atoms with Crippen LogP contribution < -0.4 is 0 Å². The Morgan fingerprint density at radius 2 is 1.58 bits per heavy atom. The standard InChI is InChI=1S/C31H50O6Si/c1-12-27(36-30(34)25-16-14-13-15-17-25)21(2)18-19-26(32)22(3)20-23(4)28(24(5)29(33)35-9)37-38(10,11)31(6,7)8/h13-19,21-24,27-28H,12,20H2,1-11H3/b19-18+/t21-,22-,23+,24-,27-,28+/m1/s1. The van der Waals surface area contributed by atoms with Gasteiger partial charge in [-0.3, -0.25) is 9.59 Å². The third-order valence-electron chi connectivity index (χ3n) is 7.90. The fourth-order valence-corrected chi connectivity index (χ4v) is 5.70. The number of methoxy groups -OCH3 is 1. The molecule has 0 amide bonds. The molecule has 0 saturated carbocycles. The SMILES string of the molecule is CC[C@@H](OC(=O)c1ccccc1)[C@H](C)/C=C/C(=O)[C@H](C)C[C@H](C)[C@H](O[Si](C)(C)C(C)(C)C)[C@@H](C)C(=O)OC. The Bertz CT molecular complexity index is 933. The fourth-order valence-electron chi connectivity index (χ4n) is 4.23. The number of rotatable bonds is 14. The summed E-state index contributed by atoms with van der Waals surface area (Å²) >= 11 is 0. The highest BCUT2D eigenvalue weighted by atomic mass is 28.4. The first kappa shape index (κ1) is 33.8. The molecule has 0 spiro atoms. The molecule has 0 aliphatic carbocycles. The van der Waals surface area contributed by atoms with E-state index in [4.69, 9.17) is 13.9 Å². The van der Waals surface area contributed by atoms with Gasteiger partial charge in [-0.2, -0.15) is 0 Å². The van der Waals surface area contributed by atoms with Gasteiger partial charge < -0.3 is 13.9 Å². The average molecular weight is 547 g/mol. The zero-order valence-corrected chi connectivity index (χ0v) is 26.4. The summed E-state index contributed by atoms with van der Waals surface area (Å²) in [6.45, 7) is 20.6. The van der Waals surface area contributed by atoms with Crippen molar-refractivity contribution in [2.75, 3.05) is 7.11 Å². The van der Waals surface area contributed by atoms with Gasteiger partial charge in [0, 0.05) is 11.8 Å². The second kappa shape index (κ2) is 14.8. The highest BCUT2D eigenvalue weighted by Crippen LogP contribution is 2.40. The number of carbonyl (C=O) groups excluding carboxylic acids is 3. The molecule has 1 aromatic carbocycles. The van der Waals surface area contributed by atoms with Crippen molar-refractivity contribution in [2.45, 2.75) is 98.6 Å². The maximum absolute atomic E-state index is 13.0. The second-order valence-electron chi connectivity index (χ2n) is 12.1. The summed E-state index contributed by atoms with van der Waals surface area (Å²) in [5.74, 6) is -1.50. The Morgan fingerprint density at radius 3 is 2.08 bits per heavy atom. The largest absolute Gasteiger partial charge is 0.469 e. The zero-order chi connectivity index (χ0) is 29.3. The quantitative estimate of drug-likeness (QED) is 0.139. The van der Waals surface area contributed by atoms with Gasteiger partial charge in [-0.15, -0.1) is 0 Å². The van der Waals surface area contributed by atoms with Crippen LogP contribution in [0.4, 0.5) is 0 Å². The molecule has 38 heavy (non-hydrogen) atoms. The number of hydrogen-bond donors (Lipinski definition) is 0. The topological polar surface area (TPSA) is 78.9 Å². The number of allylic oxidation sites excluding steroid dienone is 1. The minimum Gasteiger partial charge on any atom is -0.469 e. The summed E-state index contributed by atoms with van der Waals surface area (Å²) < 4.78 is 17.5. The van der Waals surface area contributed by atoms with E-state index in [1.54, 1.807) is 30.3 Å². The molecular weight excluding hydrogens is 496 g/mol. The summed E-state index contributed by atoms with van der Waals surface area (Å²) in [7, 11) is -0.769. The fraction of sp³-hybridized carbons (Fsp3) is 0.645. The molecule has 0 aromatic heterocycles. The molecule has 6 atom stereocenters. The van der Waals surface area contributed by atoms with E-state index in [2.05, 4.69) is 33.9 Å². The van der Waals surface area contributed by atoms with Gasteiger partial charge in [0.15, 0.2) is 14.1 Å². The van der Waals surface area contributed by atoms with Crippen LogP contribution in [0.1, 0.15) is 78.6 Å². The van der Waals surface area contributed by atoms with Gasteiger partial charge in [0.05, 0.1) is 24.7 Å². The lowest BCUT2D eigenvalue weighted by Crippen LogP contribution is -2.49. The first-order chi connectivity index (χ1) is 17.5. The van der Waals surface area contributed by atoms with Crippen LogP contribution in [0.2, 0.25) is 18.1 Å². The molecule has 0 unspecified atom stereocenters. The summed E-state index contributed by atoms with van der Waals surface area (Å²) in [6.07, 6.45) is 3.99. The van der Waals surface area contributed by atoms with Crippen LogP contribution in [-0.2, 0) is 23.5 Å². The van der Waals surface area contributed by atoms with E-state index < -0.39 is 14.2 Å². The molecular formula is C31H50O6Si. The molecule has 0 heterocycles. The number of ether oxygens (including phenoxy) is 2. The summed E-state index contributed by atoms with van der Waals surface area (Å²) in [5.41, 5.74) is 0.511. The third kappa shape index (κ3) is 9.81. The number of esters is 2. The van der Waals surface area contributed by atoms with E-state index in [-0.39, 0.29) is 52.7 Å². The molecule has 0 fully saturated rings. The van der Waals surface area contributed by atoms with Crippen molar-refractivity contribution in [1.82, 2.24) is 0 Å². The minimum atomic E-state index is -2.16. The molecule has 1 aromatic rings. The molecule has 0 N–H and O–H groups in total. The van der Waals surface area contributed by atoms with Crippen LogP contribution in [0.25, 0.3) is 0 Å². The van der Waals surface area contributed by atoms with Gasteiger partial charge in [0.2, 0.25) is 0 Å². The van der Waals surface area contributed by atoms with Gasteiger partial charge in [-0.1, -0.05) is 72.7 Å². The van der Waals surface area contributed by atoms with Crippen LogP contribution >= 0.6 is 0 Å². The lowest BCUT2D eigenvalue weighted by molar-refractivity contribution is -0.149. The minimum absolute atomic E-state index is 0.00439. The third-order valence-corrected chi connectivity index (χ3v) is 12.4. The van der Waals surface area contributed by atoms with Crippen molar-refractivity contribution < 1.29 is 28.3 Å². The Morgan fingerprint density at radius 1 is 1.00 bits per heavy atom. The van der Waals surface area contributed by atoms with E-state index in [9.17, 15) is 14.4 Å². The predicted molar refractivity (Wildman–Crippen MR) is 155 cm³/mol. The highest BCUT2D eigenvalue weighted by Gasteiger charge is 2.43. The lowest BCUT2D eigenvalue weighted by atomic mass is 9.85. The van der Waals surface area contributed by atoms with E-state index in [1.807, 2.05) is 46.8 Å². The van der Waals surface area contributed by atoms with Crippen molar-refractivity contribution in [2.24, 2.45) is 23.7 Å². The Hall–Kier alpha value is -2.25. The smallest absolute Gasteiger partial charge is 0.338 e. The first-order valence-corrected chi connectivity index (χ1v) is 16.7. The molecule has 6 nitrogen and oxygen atoms in total. The van der Waals surface area contributed by atoms with Crippen LogP contribution in [0.5, 0.6) is 0 Å². The molecule has 214 valence electrons. The summed E-state index contributed by atoms with van der Waals surface area (Å²) in [5, 5.41) is -0.0130. The van der Waals surface area contributed by atoms with Crippen LogP contribution in [0.3, 0.4) is 0 Å². The van der Waals surface area contributed by atoms with Crippen molar-refractivity contribution in [3.8, 4) is 0 Å². The second-order valence-corrected chi connectivity index (χ2v) is 16.9. The molecule has 0 aliphatic rings. The van der Waals surface area contributed by atoms with Gasteiger partial charge in [-0.25, -0.2) is 4.79 Å². The zero-order valence-electron chi connectivity index (χ0n) is 25.4. The average Bonchev–Trinajstić information content (AvgIpc) is 2.87. The number of hydrogen-bond acceptors (Lipinski definition) is 6. The van der Waals surface area contributed by atoms with Crippen LogP contribution in [-0.4, -0.2) is 45.4 Å². The van der Waals surface area contributed by atoms with E-state index in [0.717, 1.165) is 0 Å². The van der Waals surface area contributed by atoms with Crippen LogP contribution in [0.15, 0.2) is 42.5 Å². The molecule has 1 rings (SSSR count). The van der Waals surface area contributed by atoms with Crippen molar-refractivity contribution in [1.29, 1.82) is 0 Å². The van der Waals surface area contributed by atoms with Gasteiger partial charge >= 0.3 is 11.9 Å².